The van der Waals surface area contributed by atoms with Crippen molar-refractivity contribution in [3.63, 3.8) is 0 Å². The Labute approximate surface area is 176 Å². The van der Waals surface area contributed by atoms with E-state index in [-0.39, 0.29) is 34.1 Å². The second-order valence-electron chi connectivity index (χ2n) is 7.47. The summed E-state index contributed by atoms with van der Waals surface area (Å²) in [4.78, 5) is 39.2. The van der Waals surface area contributed by atoms with Crippen LogP contribution in [0.4, 0.5) is 14.9 Å². The smallest absolute Gasteiger partial charge is 0.412 e. The van der Waals surface area contributed by atoms with Gasteiger partial charge in [0.25, 0.3) is 11.1 Å². The molecule has 0 spiro atoms. The average molecular weight is 438 g/mol. The Morgan fingerprint density at radius 1 is 1.17 bits per heavy atom. The molecule has 1 aromatic carbocycles. The van der Waals surface area contributed by atoms with Crippen molar-refractivity contribution in [3.8, 4) is 10.9 Å². The predicted molar refractivity (Wildman–Crippen MR) is 109 cm³/mol. The topological polar surface area (TPSA) is 119 Å². The first-order valence-corrected chi connectivity index (χ1v) is 9.85. The standard InChI is InChI=1S/C19H23FN4O5S/c1-10(2)15(25)23-24-16(26)14-9-30-18(22-14)28-11-6-7-13(12(20)8-11)21-17(27)29-19(3,4)5/h6-10H,1-5H3,(H,21,27)(H,23,25)(H,24,26). The van der Waals surface area contributed by atoms with E-state index in [4.69, 9.17) is 9.47 Å². The van der Waals surface area contributed by atoms with Crippen molar-refractivity contribution in [1.82, 2.24) is 15.8 Å². The van der Waals surface area contributed by atoms with Crippen LogP contribution in [0.2, 0.25) is 0 Å². The highest BCUT2D eigenvalue weighted by Crippen LogP contribution is 2.28. The number of benzene rings is 1. The number of nitrogens with zero attached hydrogens (tertiary/aromatic N) is 1. The van der Waals surface area contributed by atoms with Gasteiger partial charge >= 0.3 is 6.09 Å². The molecule has 2 aromatic rings. The van der Waals surface area contributed by atoms with Crippen LogP contribution in [0.1, 0.15) is 45.1 Å². The van der Waals surface area contributed by atoms with Crippen LogP contribution in [0.3, 0.4) is 0 Å². The fourth-order valence-electron chi connectivity index (χ4n) is 1.91. The van der Waals surface area contributed by atoms with E-state index in [9.17, 15) is 18.8 Å². The van der Waals surface area contributed by atoms with E-state index in [2.05, 4.69) is 21.2 Å². The molecule has 1 aromatic heterocycles. The lowest BCUT2D eigenvalue weighted by atomic mass is 10.2. The quantitative estimate of drug-likeness (QED) is 0.611. The number of aromatic nitrogens is 1. The van der Waals surface area contributed by atoms with Crippen LogP contribution in [0.5, 0.6) is 10.9 Å². The number of carbonyl (C=O) groups is 3. The highest BCUT2D eigenvalue weighted by Gasteiger charge is 2.18. The van der Waals surface area contributed by atoms with Crippen molar-refractivity contribution in [2.45, 2.75) is 40.2 Å². The van der Waals surface area contributed by atoms with Gasteiger partial charge in [-0.05, 0) is 32.9 Å². The molecule has 0 radical (unpaired) electrons. The molecule has 2 rings (SSSR count). The van der Waals surface area contributed by atoms with Gasteiger partial charge in [0.2, 0.25) is 5.91 Å². The van der Waals surface area contributed by atoms with Gasteiger partial charge in [0, 0.05) is 17.4 Å². The van der Waals surface area contributed by atoms with Crippen molar-refractivity contribution in [2.24, 2.45) is 5.92 Å². The molecule has 162 valence electrons. The minimum absolute atomic E-state index is 0.0303. The summed E-state index contributed by atoms with van der Waals surface area (Å²) in [6.45, 7) is 8.45. The third-order valence-electron chi connectivity index (χ3n) is 3.32. The SMILES string of the molecule is CC(C)C(=O)NNC(=O)c1csc(Oc2ccc(NC(=O)OC(C)(C)C)c(F)c2)n1. The lowest BCUT2D eigenvalue weighted by Crippen LogP contribution is -2.43. The summed E-state index contributed by atoms with van der Waals surface area (Å²) in [5.74, 6) is -1.85. The molecule has 30 heavy (non-hydrogen) atoms. The van der Waals surface area contributed by atoms with E-state index in [1.165, 1.54) is 17.5 Å². The molecular weight excluding hydrogens is 415 g/mol. The maximum Gasteiger partial charge on any atom is 0.412 e. The number of hydrogen-bond donors (Lipinski definition) is 3. The molecule has 0 bridgehead atoms. The molecule has 0 aliphatic heterocycles. The minimum Gasteiger partial charge on any atom is -0.444 e. The van der Waals surface area contributed by atoms with E-state index < -0.39 is 23.4 Å². The number of hydrogen-bond acceptors (Lipinski definition) is 7. The molecule has 1 heterocycles. The molecule has 0 saturated heterocycles. The van der Waals surface area contributed by atoms with E-state index in [0.717, 1.165) is 17.4 Å². The Kier molecular flexibility index (Phi) is 7.33. The zero-order chi connectivity index (χ0) is 22.5. The van der Waals surface area contributed by atoms with Crippen LogP contribution in [-0.2, 0) is 9.53 Å². The summed E-state index contributed by atoms with van der Waals surface area (Å²) >= 11 is 1.02. The number of hydrazine groups is 1. The third kappa shape index (κ3) is 6.99. The normalized spacial score (nSPS) is 11.0. The van der Waals surface area contributed by atoms with E-state index in [1.54, 1.807) is 34.6 Å². The molecule has 3 amide bonds. The second kappa shape index (κ2) is 9.53. The Hall–Kier alpha value is -3.21. The number of nitrogens with one attached hydrogen (secondary N) is 3. The molecular formula is C19H23FN4O5S. The maximum atomic E-state index is 14.2. The zero-order valence-electron chi connectivity index (χ0n) is 17.2. The van der Waals surface area contributed by atoms with Gasteiger partial charge in [-0.2, -0.15) is 4.98 Å². The van der Waals surface area contributed by atoms with Gasteiger partial charge in [0.15, 0.2) is 5.82 Å². The average Bonchev–Trinajstić information content (AvgIpc) is 3.08. The third-order valence-corrected chi connectivity index (χ3v) is 4.04. The molecule has 9 nitrogen and oxygen atoms in total. The summed E-state index contributed by atoms with van der Waals surface area (Å²) in [5, 5.41) is 3.85. The van der Waals surface area contributed by atoms with Crippen LogP contribution in [-0.4, -0.2) is 28.5 Å². The first-order chi connectivity index (χ1) is 13.9. The van der Waals surface area contributed by atoms with Gasteiger partial charge in [-0.1, -0.05) is 25.2 Å². The Morgan fingerprint density at radius 2 is 1.87 bits per heavy atom. The highest BCUT2D eigenvalue weighted by molar-refractivity contribution is 7.11. The van der Waals surface area contributed by atoms with Gasteiger partial charge < -0.3 is 9.47 Å². The highest BCUT2D eigenvalue weighted by atomic mass is 32.1. The Morgan fingerprint density at radius 3 is 2.47 bits per heavy atom. The number of amides is 3. The Bertz CT molecular complexity index is 939. The van der Waals surface area contributed by atoms with Crippen LogP contribution in [0, 0.1) is 11.7 Å². The summed E-state index contributed by atoms with van der Waals surface area (Å²) < 4.78 is 24.8. The minimum atomic E-state index is -0.782. The van der Waals surface area contributed by atoms with Gasteiger partial charge in [-0.25, -0.2) is 9.18 Å². The van der Waals surface area contributed by atoms with E-state index in [1.807, 2.05) is 0 Å². The van der Waals surface area contributed by atoms with E-state index in [0.29, 0.717) is 0 Å². The fraction of sp³-hybridized carbons (Fsp3) is 0.368. The number of carbonyl (C=O) groups excluding carboxylic acids is 3. The lowest BCUT2D eigenvalue weighted by molar-refractivity contribution is -0.124. The number of anilines is 1. The number of thiazole rings is 1. The number of halogens is 1. The van der Waals surface area contributed by atoms with Gasteiger partial charge in [-0.3, -0.25) is 25.8 Å². The van der Waals surface area contributed by atoms with Crippen LogP contribution < -0.4 is 20.9 Å². The van der Waals surface area contributed by atoms with Crippen LogP contribution >= 0.6 is 11.3 Å². The van der Waals surface area contributed by atoms with Gasteiger partial charge in [0.05, 0.1) is 5.69 Å². The molecule has 0 saturated carbocycles. The van der Waals surface area contributed by atoms with Crippen molar-refractivity contribution in [1.29, 1.82) is 0 Å². The number of rotatable bonds is 5. The van der Waals surface area contributed by atoms with Gasteiger partial charge in [-0.15, -0.1) is 0 Å². The van der Waals surface area contributed by atoms with Crippen LogP contribution in [0.15, 0.2) is 23.6 Å². The van der Waals surface area contributed by atoms with Crippen molar-refractivity contribution >= 4 is 34.9 Å². The first-order valence-electron chi connectivity index (χ1n) is 8.97. The fourth-order valence-corrected chi connectivity index (χ4v) is 2.58. The predicted octanol–water partition coefficient (Wildman–Crippen LogP) is 3.84. The summed E-state index contributed by atoms with van der Waals surface area (Å²) in [5.41, 5.74) is 3.77. The lowest BCUT2D eigenvalue weighted by Gasteiger charge is -2.19. The molecule has 3 N–H and O–H groups in total. The van der Waals surface area contributed by atoms with Crippen molar-refractivity contribution in [3.05, 3.63) is 35.1 Å². The molecule has 0 aliphatic carbocycles. The summed E-state index contributed by atoms with van der Waals surface area (Å²) in [6.07, 6.45) is -0.782. The van der Waals surface area contributed by atoms with Crippen molar-refractivity contribution in [2.75, 3.05) is 5.32 Å². The molecule has 0 fully saturated rings. The zero-order valence-corrected chi connectivity index (χ0v) is 18.0. The van der Waals surface area contributed by atoms with Crippen molar-refractivity contribution < 1.29 is 28.2 Å². The second-order valence-corrected chi connectivity index (χ2v) is 8.29. The van der Waals surface area contributed by atoms with E-state index >= 15 is 0 Å². The Balaban J connectivity index is 1.97. The largest absolute Gasteiger partial charge is 0.444 e. The summed E-state index contributed by atoms with van der Waals surface area (Å²) in [6, 6.07) is 3.81. The van der Waals surface area contributed by atoms with Gasteiger partial charge in [0.1, 0.15) is 17.0 Å². The van der Waals surface area contributed by atoms with Crippen LogP contribution in [0.25, 0.3) is 0 Å². The first kappa shape index (κ1) is 23.1. The summed E-state index contributed by atoms with van der Waals surface area (Å²) in [7, 11) is 0. The maximum absolute atomic E-state index is 14.2. The molecule has 0 unspecified atom stereocenters. The molecule has 0 atom stereocenters. The molecule has 0 aliphatic rings. The molecule has 11 heteroatoms. The monoisotopic (exact) mass is 438 g/mol. The number of ether oxygens (including phenoxy) is 2.